The van der Waals surface area contributed by atoms with Crippen molar-refractivity contribution in [3.8, 4) is 0 Å². The van der Waals surface area contributed by atoms with Gasteiger partial charge in [-0.15, -0.1) is 0 Å². The van der Waals surface area contributed by atoms with Crippen LogP contribution >= 0.6 is 0 Å². The lowest BCUT2D eigenvalue weighted by Crippen LogP contribution is -2.29. The van der Waals surface area contributed by atoms with E-state index < -0.39 is 5.97 Å². The summed E-state index contributed by atoms with van der Waals surface area (Å²) in [5, 5.41) is 10.7. The number of esters is 1. The topological polar surface area (TPSA) is 72.5 Å². The maximum Gasteiger partial charge on any atom is 0.338 e. The van der Waals surface area contributed by atoms with Crippen molar-refractivity contribution in [2.24, 2.45) is 0 Å². The fourth-order valence-corrected chi connectivity index (χ4v) is 3.75. The van der Waals surface area contributed by atoms with Crippen LogP contribution in [0.2, 0.25) is 0 Å². The number of cyclic esters (lactones) is 1. The largest absolute Gasteiger partial charge is 0.512 e. The van der Waals surface area contributed by atoms with Gasteiger partial charge >= 0.3 is 5.97 Å². The first-order chi connectivity index (χ1) is 13.4. The Kier molecular flexibility index (Phi) is 7.68. The van der Waals surface area contributed by atoms with Gasteiger partial charge in [-0.2, -0.15) is 0 Å². The molecule has 0 aliphatic carbocycles. The summed E-state index contributed by atoms with van der Waals surface area (Å²) in [7, 11) is 0. The number of ether oxygens (including phenoxy) is 1. The summed E-state index contributed by atoms with van der Waals surface area (Å²) in [6, 6.07) is 5.68. The lowest BCUT2D eigenvalue weighted by molar-refractivity contribution is -0.147. The van der Waals surface area contributed by atoms with Gasteiger partial charge in [0.2, 0.25) is 0 Å². The maximum atomic E-state index is 12.8. The molecule has 1 heterocycles. The van der Waals surface area contributed by atoms with Crippen molar-refractivity contribution in [1.82, 2.24) is 0 Å². The smallest absolute Gasteiger partial charge is 0.338 e. The molecule has 28 heavy (non-hydrogen) atoms. The molecule has 2 rings (SSSR count). The molecule has 0 radical (unpaired) electrons. The summed E-state index contributed by atoms with van der Waals surface area (Å²) in [5.74, 6) is -0.519. The van der Waals surface area contributed by atoms with Gasteiger partial charge in [0.25, 0.3) is 0 Å². The minimum absolute atomic E-state index is 0.134. The van der Waals surface area contributed by atoms with Crippen molar-refractivity contribution in [1.29, 1.82) is 0 Å². The van der Waals surface area contributed by atoms with E-state index in [4.69, 9.17) is 10.5 Å². The first-order valence-electron chi connectivity index (χ1n) is 9.85. The average Bonchev–Trinajstić information content (AvgIpc) is 2.66. The minimum Gasteiger partial charge on any atom is -0.512 e. The highest BCUT2D eigenvalue weighted by Crippen LogP contribution is 2.37. The van der Waals surface area contributed by atoms with Gasteiger partial charge < -0.3 is 15.6 Å². The van der Waals surface area contributed by atoms with E-state index in [0.29, 0.717) is 30.5 Å². The number of rotatable bonds is 8. The summed E-state index contributed by atoms with van der Waals surface area (Å²) in [5.41, 5.74) is 10.1. The summed E-state index contributed by atoms with van der Waals surface area (Å²) in [6.45, 7) is 9.63. The van der Waals surface area contributed by atoms with E-state index in [0.717, 1.165) is 23.1 Å². The van der Waals surface area contributed by atoms with E-state index in [-0.39, 0.29) is 17.8 Å². The number of aliphatic hydroxyl groups is 1. The molecule has 2 atom stereocenters. The van der Waals surface area contributed by atoms with Crippen LogP contribution in [0.1, 0.15) is 56.6 Å². The van der Waals surface area contributed by atoms with Crippen molar-refractivity contribution in [2.45, 2.75) is 58.5 Å². The molecule has 4 heteroatoms. The number of carbonyl (C=O) groups is 1. The Morgan fingerprint density at radius 2 is 2.21 bits per heavy atom. The zero-order chi connectivity index (χ0) is 20.7. The number of benzene rings is 1. The Morgan fingerprint density at radius 3 is 2.82 bits per heavy atom. The van der Waals surface area contributed by atoms with E-state index in [1.807, 2.05) is 57.2 Å². The second-order valence-corrected chi connectivity index (χ2v) is 7.13. The minimum atomic E-state index is -0.428. The zero-order valence-electron chi connectivity index (χ0n) is 17.1. The molecule has 0 amide bonds. The number of hydrogen-bond acceptors (Lipinski definition) is 4. The van der Waals surface area contributed by atoms with Gasteiger partial charge in [0.1, 0.15) is 11.9 Å². The molecule has 0 saturated heterocycles. The van der Waals surface area contributed by atoms with E-state index in [9.17, 15) is 9.90 Å². The predicted octanol–water partition coefficient (Wildman–Crippen LogP) is 5.67. The van der Waals surface area contributed by atoms with Gasteiger partial charge in [0, 0.05) is 18.0 Å². The molecule has 0 bridgehead atoms. The summed E-state index contributed by atoms with van der Waals surface area (Å²) >= 11 is 0. The third-order valence-corrected chi connectivity index (χ3v) is 5.24. The lowest BCUT2D eigenvalue weighted by atomic mass is 9.83. The molecular weight excluding hydrogens is 350 g/mol. The van der Waals surface area contributed by atoms with Crippen LogP contribution in [0.25, 0.3) is 0 Å². The fourth-order valence-electron chi connectivity index (χ4n) is 3.75. The van der Waals surface area contributed by atoms with E-state index in [2.05, 4.69) is 6.58 Å². The molecule has 0 aromatic heterocycles. The Bertz CT molecular complexity index is 817. The highest BCUT2D eigenvalue weighted by molar-refractivity contribution is 5.92. The Balaban J connectivity index is 2.22. The molecule has 0 fully saturated rings. The third kappa shape index (κ3) is 4.94. The Morgan fingerprint density at radius 1 is 1.46 bits per heavy atom. The Hall–Kier alpha value is -2.75. The number of carbonyl (C=O) groups excluding carboxylic acids is 1. The van der Waals surface area contributed by atoms with Crippen LogP contribution in [0.15, 0.2) is 66.0 Å². The molecule has 0 spiro atoms. The standard InChI is InChI=1S/C24H31NO3/c1-5-9-17(10-6-2)13-14-18-15-22(26)23(24(27)28-18)19(7-3)20-11-8-12-21(25)16(20)4/h5-6,8-12,18-19,26H,1,7,13-15,25H2,2-4H3/b10-6-,17-9+. The van der Waals surface area contributed by atoms with Gasteiger partial charge in [-0.3, -0.25) is 0 Å². The SMILES string of the molecule is C=C/C=C(\C=C/C)CCC1CC(O)=C(C(CC)c2cccc(N)c2C)C(=O)O1. The van der Waals surface area contributed by atoms with Gasteiger partial charge in [-0.1, -0.05) is 49.9 Å². The predicted molar refractivity (Wildman–Crippen MR) is 115 cm³/mol. The van der Waals surface area contributed by atoms with Crippen LogP contribution in [0.4, 0.5) is 5.69 Å². The van der Waals surface area contributed by atoms with Gasteiger partial charge in [0.05, 0.1) is 5.57 Å². The van der Waals surface area contributed by atoms with Crippen LogP contribution in [0.3, 0.4) is 0 Å². The van der Waals surface area contributed by atoms with Crippen molar-refractivity contribution in [3.05, 3.63) is 77.1 Å². The number of hydrogen-bond donors (Lipinski definition) is 2. The van der Waals surface area contributed by atoms with E-state index >= 15 is 0 Å². The molecule has 1 aliphatic rings. The molecule has 3 N–H and O–H groups in total. The Labute approximate surface area is 168 Å². The molecule has 1 aromatic carbocycles. The van der Waals surface area contributed by atoms with Crippen molar-refractivity contribution in [2.75, 3.05) is 5.73 Å². The van der Waals surface area contributed by atoms with Crippen molar-refractivity contribution in [3.63, 3.8) is 0 Å². The zero-order valence-corrected chi connectivity index (χ0v) is 17.1. The highest BCUT2D eigenvalue weighted by Gasteiger charge is 2.34. The quantitative estimate of drug-likeness (QED) is 0.346. The van der Waals surface area contributed by atoms with Gasteiger partial charge in [-0.05, 0) is 55.9 Å². The summed E-state index contributed by atoms with van der Waals surface area (Å²) < 4.78 is 5.69. The van der Waals surface area contributed by atoms with E-state index in [1.54, 1.807) is 6.08 Å². The third-order valence-electron chi connectivity index (χ3n) is 5.24. The number of nitrogen functional groups attached to an aromatic ring is 1. The number of nitrogens with two attached hydrogens (primary N) is 1. The van der Waals surface area contributed by atoms with Crippen LogP contribution in [-0.2, 0) is 9.53 Å². The number of allylic oxidation sites excluding steroid dienone is 5. The molecule has 4 nitrogen and oxygen atoms in total. The molecule has 0 saturated carbocycles. The normalized spacial score (nSPS) is 19.0. The molecule has 1 aliphatic heterocycles. The second kappa shape index (κ2) is 9.98. The monoisotopic (exact) mass is 381 g/mol. The van der Waals surface area contributed by atoms with E-state index in [1.165, 1.54) is 0 Å². The van der Waals surface area contributed by atoms with Crippen LogP contribution < -0.4 is 5.73 Å². The van der Waals surface area contributed by atoms with Crippen LogP contribution in [-0.4, -0.2) is 17.2 Å². The van der Waals surface area contributed by atoms with Crippen molar-refractivity contribution >= 4 is 11.7 Å². The van der Waals surface area contributed by atoms with Gasteiger partial charge in [0.15, 0.2) is 0 Å². The summed E-state index contributed by atoms with van der Waals surface area (Å²) in [6.07, 6.45) is 9.78. The lowest BCUT2D eigenvalue weighted by Gasteiger charge is -2.29. The molecular formula is C24H31NO3. The fraction of sp³-hybridized carbons (Fsp3) is 0.375. The first-order valence-corrected chi connectivity index (χ1v) is 9.85. The first kappa shape index (κ1) is 21.5. The molecule has 1 aromatic rings. The number of aliphatic hydroxyl groups excluding tert-OH is 1. The second-order valence-electron chi connectivity index (χ2n) is 7.13. The summed E-state index contributed by atoms with van der Waals surface area (Å²) in [4.78, 5) is 12.8. The van der Waals surface area contributed by atoms with Crippen LogP contribution in [0.5, 0.6) is 0 Å². The average molecular weight is 382 g/mol. The molecule has 2 unspecified atom stereocenters. The van der Waals surface area contributed by atoms with Crippen molar-refractivity contribution < 1.29 is 14.6 Å². The maximum absolute atomic E-state index is 12.8. The van der Waals surface area contributed by atoms with Crippen LogP contribution in [0, 0.1) is 6.92 Å². The molecule has 150 valence electrons. The highest BCUT2D eigenvalue weighted by atomic mass is 16.5. The number of anilines is 1. The van der Waals surface area contributed by atoms with Gasteiger partial charge in [-0.25, -0.2) is 4.79 Å².